The Morgan fingerprint density at radius 2 is 2.25 bits per heavy atom. The van der Waals surface area contributed by atoms with Crippen molar-refractivity contribution in [2.75, 3.05) is 32.8 Å². The number of rotatable bonds is 5. The van der Waals surface area contributed by atoms with E-state index in [1.807, 2.05) is 4.90 Å². The first kappa shape index (κ1) is 15.0. The molecule has 1 aromatic rings. The fraction of sp³-hybridized carbons (Fsp3) is 0.500. The third kappa shape index (κ3) is 3.59. The molecule has 0 bridgehead atoms. The van der Waals surface area contributed by atoms with Crippen molar-refractivity contribution in [1.29, 1.82) is 0 Å². The summed E-state index contributed by atoms with van der Waals surface area (Å²) in [6, 6.07) is 3.60. The van der Waals surface area contributed by atoms with Gasteiger partial charge in [0.05, 0.1) is 24.9 Å². The number of carbonyl (C=O) groups is 1. The van der Waals surface area contributed by atoms with Crippen LogP contribution in [0.3, 0.4) is 0 Å². The topological polar surface area (TPSA) is 49.8 Å². The van der Waals surface area contributed by atoms with E-state index in [1.54, 1.807) is 0 Å². The van der Waals surface area contributed by atoms with Crippen LogP contribution < -0.4 is 0 Å². The second-order valence-electron chi connectivity index (χ2n) is 4.75. The lowest BCUT2D eigenvalue weighted by molar-refractivity contribution is -0.0523. The van der Waals surface area contributed by atoms with Gasteiger partial charge >= 0.3 is 0 Å². The van der Waals surface area contributed by atoms with E-state index in [2.05, 4.69) is 0 Å². The molecule has 1 unspecified atom stereocenters. The second kappa shape index (κ2) is 6.88. The molecule has 20 heavy (non-hydrogen) atoms. The molecule has 1 aromatic carbocycles. The molecule has 0 radical (unpaired) electrons. The predicted molar refractivity (Wildman–Crippen MR) is 68.6 cm³/mol. The molecule has 0 aromatic heterocycles. The molecule has 1 aliphatic rings. The lowest BCUT2D eigenvalue weighted by Gasteiger charge is -2.31. The van der Waals surface area contributed by atoms with E-state index >= 15 is 0 Å². The molecule has 0 aliphatic carbocycles. The summed E-state index contributed by atoms with van der Waals surface area (Å²) in [5.41, 5.74) is -0.211. The molecule has 1 fully saturated rings. The quantitative estimate of drug-likeness (QED) is 0.827. The number of carbonyl (C=O) groups excluding carboxylic acids is 1. The number of halogens is 2. The van der Waals surface area contributed by atoms with Crippen LogP contribution >= 0.6 is 0 Å². The van der Waals surface area contributed by atoms with Crippen LogP contribution in [-0.2, 0) is 4.74 Å². The minimum Gasteiger partial charge on any atom is -0.394 e. The van der Waals surface area contributed by atoms with Crippen LogP contribution in [0, 0.1) is 11.6 Å². The minimum atomic E-state index is -1.09. The first-order valence-electron chi connectivity index (χ1n) is 6.54. The van der Waals surface area contributed by atoms with Gasteiger partial charge in [-0.1, -0.05) is 6.07 Å². The smallest absolute Gasteiger partial charge is 0.169 e. The largest absolute Gasteiger partial charge is 0.394 e. The van der Waals surface area contributed by atoms with Gasteiger partial charge < -0.3 is 9.84 Å². The zero-order valence-corrected chi connectivity index (χ0v) is 11.0. The van der Waals surface area contributed by atoms with Gasteiger partial charge in [0.2, 0.25) is 0 Å². The first-order chi connectivity index (χ1) is 9.61. The molecule has 0 saturated carbocycles. The molecular weight excluding hydrogens is 268 g/mol. The Balaban J connectivity index is 1.90. The van der Waals surface area contributed by atoms with Crippen molar-refractivity contribution in [1.82, 2.24) is 4.90 Å². The highest BCUT2D eigenvalue weighted by molar-refractivity contribution is 5.96. The van der Waals surface area contributed by atoms with Crippen molar-refractivity contribution in [3.63, 3.8) is 0 Å². The Bertz CT molecular complexity index is 481. The third-order valence-electron chi connectivity index (χ3n) is 3.33. The maximum Gasteiger partial charge on any atom is 0.169 e. The maximum atomic E-state index is 13.5. The van der Waals surface area contributed by atoms with Crippen LogP contribution in [0.25, 0.3) is 0 Å². The zero-order chi connectivity index (χ0) is 14.5. The summed E-state index contributed by atoms with van der Waals surface area (Å²) in [7, 11) is 0. The van der Waals surface area contributed by atoms with E-state index in [1.165, 1.54) is 12.1 Å². The van der Waals surface area contributed by atoms with Gasteiger partial charge in [-0.3, -0.25) is 9.69 Å². The van der Waals surface area contributed by atoms with Crippen LogP contribution in [-0.4, -0.2) is 54.7 Å². The van der Waals surface area contributed by atoms with Gasteiger partial charge in [-0.25, -0.2) is 8.78 Å². The summed E-state index contributed by atoms with van der Waals surface area (Å²) in [5, 5.41) is 9.02. The number of hydrogen-bond donors (Lipinski definition) is 1. The molecule has 4 nitrogen and oxygen atoms in total. The number of aliphatic hydroxyl groups is 1. The number of benzene rings is 1. The zero-order valence-electron chi connectivity index (χ0n) is 11.0. The molecule has 6 heteroatoms. The van der Waals surface area contributed by atoms with Crippen LogP contribution in [0.1, 0.15) is 16.8 Å². The van der Waals surface area contributed by atoms with Gasteiger partial charge in [0.15, 0.2) is 17.4 Å². The number of hydrogen-bond acceptors (Lipinski definition) is 4. The highest BCUT2D eigenvalue weighted by Crippen LogP contribution is 2.14. The maximum absolute atomic E-state index is 13.5. The van der Waals surface area contributed by atoms with Crippen molar-refractivity contribution >= 4 is 5.78 Å². The van der Waals surface area contributed by atoms with Gasteiger partial charge in [0.1, 0.15) is 0 Å². The fourth-order valence-electron chi connectivity index (χ4n) is 2.21. The van der Waals surface area contributed by atoms with Crippen molar-refractivity contribution in [2.24, 2.45) is 0 Å². The molecular formula is C14H17F2NO3. The number of morpholine rings is 1. The van der Waals surface area contributed by atoms with Crippen molar-refractivity contribution < 1.29 is 23.4 Å². The molecule has 1 N–H and O–H groups in total. The normalized spacial score (nSPS) is 20.1. The summed E-state index contributed by atoms with van der Waals surface area (Å²) < 4.78 is 31.8. The molecule has 0 amide bonds. The average molecular weight is 285 g/mol. The van der Waals surface area contributed by atoms with Gasteiger partial charge in [-0.05, 0) is 12.1 Å². The lowest BCUT2D eigenvalue weighted by Crippen LogP contribution is -2.44. The number of aliphatic hydroxyl groups excluding tert-OH is 1. The summed E-state index contributed by atoms with van der Waals surface area (Å²) in [6.45, 7) is 2.07. The predicted octanol–water partition coefficient (Wildman–Crippen LogP) is 1.23. The minimum absolute atomic E-state index is 0.0665. The Labute approximate surface area is 116 Å². The highest BCUT2D eigenvalue weighted by Gasteiger charge is 2.21. The highest BCUT2D eigenvalue weighted by atomic mass is 19.2. The van der Waals surface area contributed by atoms with E-state index in [4.69, 9.17) is 9.84 Å². The SMILES string of the molecule is O=C(CCN1CCOC(CO)C1)c1cccc(F)c1F. The summed E-state index contributed by atoms with van der Waals surface area (Å²) in [4.78, 5) is 13.9. The number of ketones is 1. The van der Waals surface area contributed by atoms with Crippen molar-refractivity contribution in [3.05, 3.63) is 35.4 Å². The molecule has 1 aliphatic heterocycles. The Kier molecular flexibility index (Phi) is 5.17. The van der Waals surface area contributed by atoms with Crippen LogP contribution in [0.2, 0.25) is 0 Å². The standard InChI is InChI=1S/C14H17F2NO3/c15-12-3-1-2-11(14(12)16)13(19)4-5-17-6-7-20-10(8-17)9-18/h1-3,10,18H,4-9H2. The molecule has 1 heterocycles. The van der Waals surface area contributed by atoms with E-state index in [-0.39, 0.29) is 24.7 Å². The second-order valence-corrected chi connectivity index (χ2v) is 4.75. The summed E-state index contributed by atoms with van der Waals surface area (Å²) >= 11 is 0. The fourth-order valence-corrected chi connectivity index (χ4v) is 2.21. The molecule has 2 rings (SSSR count). The summed E-state index contributed by atoms with van der Waals surface area (Å²) in [5.74, 6) is -2.52. The molecule has 110 valence electrons. The van der Waals surface area contributed by atoms with Crippen LogP contribution in [0.4, 0.5) is 8.78 Å². The molecule has 1 atom stereocenters. The van der Waals surface area contributed by atoms with E-state index in [0.717, 1.165) is 6.07 Å². The molecule has 0 spiro atoms. The molecule has 1 saturated heterocycles. The van der Waals surface area contributed by atoms with Gasteiger partial charge in [-0.2, -0.15) is 0 Å². The number of nitrogens with zero attached hydrogens (tertiary/aromatic N) is 1. The first-order valence-corrected chi connectivity index (χ1v) is 6.54. The third-order valence-corrected chi connectivity index (χ3v) is 3.33. The van der Waals surface area contributed by atoms with E-state index in [9.17, 15) is 13.6 Å². The summed E-state index contributed by atoms with van der Waals surface area (Å²) in [6.07, 6.45) is -0.136. The van der Waals surface area contributed by atoms with Crippen molar-refractivity contribution in [2.45, 2.75) is 12.5 Å². The van der Waals surface area contributed by atoms with Crippen molar-refractivity contribution in [3.8, 4) is 0 Å². The van der Waals surface area contributed by atoms with Gasteiger partial charge in [0, 0.05) is 26.1 Å². The Hall–Kier alpha value is -1.37. The Morgan fingerprint density at radius 1 is 1.45 bits per heavy atom. The Morgan fingerprint density at radius 3 is 3.00 bits per heavy atom. The van der Waals surface area contributed by atoms with E-state index < -0.39 is 17.4 Å². The number of ether oxygens (including phenoxy) is 1. The van der Waals surface area contributed by atoms with Crippen LogP contribution in [0.5, 0.6) is 0 Å². The monoisotopic (exact) mass is 285 g/mol. The van der Waals surface area contributed by atoms with E-state index in [0.29, 0.717) is 26.2 Å². The lowest BCUT2D eigenvalue weighted by atomic mass is 10.1. The number of Topliss-reactive ketones (excluding diaryl/α,β-unsaturated/α-hetero) is 1. The van der Waals surface area contributed by atoms with Gasteiger partial charge in [0.25, 0.3) is 0 Å². The van der Waals surface area contributed by atoms with Crippen LogP contribution in [0.15, 0.2) is 18.2 Å². The average Bonchev–Trinajstić information content (AvgIpc) is 2.48. The van der Waals surface area contributed by atoms with Gasteiger partial charge in [-0.15, -0.1) is 0 Å².